The molecule has 0 aromatic heterocycles. The van der Waals surface area contributed by atoms with Crippen molar-refractivity contribution >= 4 is 33.4 Å². The molecule has 0 fully saturated rings. The number of hydrogen-bond acceptors (Lipinski definition) is 1. The van der Waals surface area contributed by atoms with Gasteiger partial charge < -0.3 is 4.90 Å². The predicted molar refractivity (Wildman–Crippen MR) is 66.8 cm³/mol. The van der Waals surface area contributed by atoms with Crippen molar-refractivity contribution in [3.8, 4) is 0 Å². The lowest BCUT2D eigenvalue weighted by Crippen LogP contribution is -2.30. The topological polar surface area (TPSA) is 20.3 Å². The molecule has 0 bridgehead atoms. The first-order valence-electron chi connectivity index (χ1n) is 4.98. The van der Waals surface area contributed by atoms with E-state index >= 15 is 0 Å². The van der Waals surface area contributed by atoms with Crippen LogP contribution in [0.1, 0.15) is 16.8 Å². The van der Waals surface area contributed by atoms with Gasteiger partial charge in [-0.15, -0.1) is 0 Å². The van der Waals surface area contributed by atoms with E-state index in [1.54, 1.807) is 12.1 Å². The van der Waals surface area contributed by atoms with Gasteiger partial charge in [0.25, 0.3) is 5.91 Å². The van der Waals surface area contributed by atoms with Gasteiger partial charge in [-0.05, 0) is 34.1 Å². The third-order valence-corrected chi connectivity index (χ3v) is 3.16. The van der Waals surface area contributed by atoms with Crippen LogP contribution in [-0.4, -0.2) is 30.6 Å². The van der Waals surface area contributed by atoms with E-state index in [0.717, 1.165) is 4.90 Å². The summed E-state index contributed by atoms with van der Waals surface area (Å²) in [5, 5.41) is 0.353. The van der Waals surface area contributed by atoms with E-state index in [0.29, 0.717) is 9.50 Å². The average Bonchev–Trinajstić information content (AvgIpc) is 2.27. The van der Waals surface area contributed by atoms with Crippen LogP contribution in [0.4, 0.5) is 13.2 Å². The maximum atomic E-state index is 12.1. The second kappa shape index (κ2) is 5.93. The first kappa shape index (κ1) is 15.3. The fourth-order valence-corrected chi connectivity index (χ4v) is 1.85. The number of amides is 1. The van der Waals surface area contributed by atoms with E-state index in [1.807, 2.05) is 0 Å². The Morgan fingerprint density at radius 2 is 2.06 bits per heavy atom. The average molecular weight is 345 g/mol. The van der Waals surface area contributed by atoms with Gasteiger partial charge in [-0.1, -0.05) is 11.6 Å². The molecule has 1 rings (SSSR count). The standard InChI is InChI=1S/C11H10BrClF3NO/c1-17(5-4-11(14,15)16)10(18)8-6-7(13)2-3-9(8)12/h2-3,6H,4-5H2,1H3. The zero-order chi connectivity index (χ0) is 13.9. The van der Waals surface area contributed by atoms with Crippen molar-refractivity contribution < 1.29 is 18.0 Å². The van der Waals surface area contributed by atoms with E-state index in [-0.39, 0.29) is 12.1 Å². The molecule has 0 unspecified atom stereocenters. The highest BCUT2D eigenvalue weighted by Crippen LogP contribution is 2.24. The van der Waals surface area contributed by atoms with Crippen LogP contribution < -0.4 is 0 Å². The van der Waals surface area contributed by atoms with E-state index in [9.17, 15) is 18.0 Å². The number of benzene rings is 1. The van der Waals surface area contributed by atoms with Crippen molar-refractivity contribution in [2.75, 3.05) is 13.6 Å². The summed E-state index contributed by atoms with van der Waals surface area (Å²) in [5.41, 5.74) is 0.243. The summed E-state index contributed by atoms with van der Waals surface area (Å²) in [6.45, 7) is -0.388. The van der Waals surface area contributed by atoms with Crippen LogP contribution >= 0.6 is 27.5 Å². The molecule has 0 aliphatic rings. The number of nitrogens with zero attached hydrogens (tertiary/aromatic N) is 1. The molecule has 0 N–H and O–H groups in total. The van der Waals surface area contributed by atoms with Crippen molar-refractivity contribution in [3.63, 3.8) is 0 Å². The highest BCUT2D eigenvalue weighted by molar-refractivity contribution is 9.10. The predicted octanol–water partition coefficient (Wildman–Crippen LogP) is 4.13. The summed E-state index contributed by atoms with van der Waals surface area (Å²) in [5.74, 6) is -0.506. The molecule has 0 atom stereocenters. The summed E-state index contributed by atoms with van der Waals surface area (Å²) < 4.78 is 36.7. The zero-order valence-corrected chi connectivity index (χ0v) is 11.7. The monoisotopic (exact) mass is 343 g/mol. The van der Waals surface area contributed by atoms with Crippen LogP contribution in [0, 0.1) is 0 Å². The van der Waals surface area contributed by atoms with Gasteiger partial charge in [-0.25, -0.2) is 0 Å². The Hall–Kier alpha value is -0.750. The van der Waals surface area contributed by atoms with Crippen molar-refractivity contribution in [2.24, 2.45) is 0 Å². The second-order valence-corrected chi connectivity index (χ2v) is 5.01. The molecule has 100 valence electrons. The molecule has 0 heterocycles. The normalized spacial score (nSPS) is 11.4. The molecular weight excluding hydrogens is 334 g/mol. The molecule has 0 saturated heterocycles. The first-order valence-corrected chi connectivity index (χ1v) is 6.15. The minimum absolute atomic E-state index is 0.243. The molecule has 0 aliphatic heterocycles. The number of hydrogen-bond donors (Lipinski definition) is 0. The van der Waals surface area contributed by atoms with Gasteiger partial charge >= 0.3 is 6.18 Å². The molecule has 1 amide bonds. The lowest BCUT2D eigenvalue weighted by atomic mass is 10.2. The van der Waals surface area contributed by atoms with Crippen molar-refractivity contribution in [3.05, 3.63) is 33.3 Å². The number of halogens is 5. The van der Waals surface area contributed by atoms with Gasteiger partial charge in [0.15, 0.2) is 0 Å². The third-order valence-electron chi connectivity index (χ3n) is 2.24. The fourth-order valence-electron chi connectivity index (χ4n) is 1.26. The summed E-state index contributed by atoms with van der Waals surface area (Å²) >= 11 is 8.91. The molecule has 0 saturated carbocycles. The summed E-state index contributed by atoms with van der Waals surface area (Å²) in [6.07, 6.45) is -5.31. The second-order valence-electron chi connectivity index (χ2n) is 3.72. The van der Waals surface area contributed by atoms with E-state index in [4.69, 9.17) is 11.6 Å². The molecule has 0 spiro atoms. The maximum absolute atomic E-state index is 12.1. The van der Waals surface area contributed by atoms with E-state index < -0.39 is 18.5 Å². The Balaban J connectivity index is 2.77. The van der Waals surface area contributed by atoms with Crippen LogP contribution in [0.3, 0.4) is 0 Å². The minimum Gasteiger partial charge on any atom is -0.341 e. The number of alkyl halides is 3. The quantitative estimate of drug-likeness (QED) is 0.807. The van der Waals surface area contributed by atoms with Crippen LogP contribution in [-0.2, 0) is 0 Å². The molecule has 0 radical (unpaired) electrons. The van der Waals surface area contributed by atoms with Crippen LogP contribution in [0.2, 0.25) is 5.02 Å². The summed E-state index contributed by atoms with van der Waals surface area (Å²) in [6, 6.07) is 4.57. The minimum atomic E-state index is -4.28. The van der Waals surface area contributed by atoms with E-state index in [2.05, 4.69) is 15.9 Å². The lowest BCUT2D eigenvalue weighted by Gasteiger charge is -2.19. The largest absolute Gasteiger partial charge is 0.390 e. The molecule has 0 aliphatic carbocycles. The van der Waals surface area contributed by atoms with Gasteiger partial charge in [-0.2, -0.15) is 13.2 Å². The van der Waals surface area contributed by atoms with Gasteiger partial charge in [-0.3, -0.25) is 4.79 Å². The Labute approximate surface area is 116 Å². The van der Waals surface area contributed by atoms with Crippen molar-refractivity contribution in [1.29, 1.82) is 0 Å². The molecule has 7 heteroatoms. The molecule has 1 aromatic rings. The summed E-state index contributed by atoms with van der Waals surface area (Å²) in [4.78, 5) is 12.9. The highest BCUT2D eigenvalue weighted by Gasteiger charge is 2.28. The Kier molecular flexibility index (Phi) is 5.04. The van der Waals surface area contributed by atoms with Gasteiger partial charge in [0, 0.05) is 23.1 Å². The van der Waals surface area contributed by atoms with Crippen molar-refractivity contribution in [2.45, 2.75) is 12.6 Å². The fraction of sp³-hybridized carbons (Fsp3) is 0.364. The number of carbonyl (C=O) groups excluding carboxylic acids is 1. The SMILES string of the molecule is CN(CCC(F)(F)F)C(=O)c1cc(Cl)ccc1Br. The first-order chi connectivity index (χ1) is 8.20. The number of rotatable bonds is 3. The molecular formula is C11H10BrClF3NO. The van der Waals surface area contributed by atoms with E-state index in [1.165, 1.54) is 13.1 Å². The van der Waals surface area contributed by atoms with Crippen LogP contribution in [0.25, 0.3) is 0 Å². The van der Waals surface area contributed by atoms with Crippen LogP contribution in [0.5, 0.6) is 0 Å². The Morgan fingerprint density at radius 1 is 1.44 bits per heavy atom. The third kappa shape index (κ3) is 4.49. The van der Waals surface area contributed by atoms with Crippen molar-refractivity contribution in [1.82, 2.24) is 4.90 Å². The molecule has 2 nitrogen and oxygen atoms in total. The Morgan fingerprint density at radius 3 is 2.61 bits per heavy atom. The number of carbonyl (C=O) groups is 1. The highest BCUT2D eigenvalue weighted by atomic mass is 79.9. The van der Waals surface area contributed by atoms with Gasteiger partial charge in [0.05, 0.1) is 12.0 Å². The smallest absolute Gasteiger partial charge is 0.341 e. The van der Waals surface area contributed by atoms with Crippen LogP contribution in [0.15, 0.2) is 22.7 Å². The lowest BCUT2D eigenvalue weighted by molar-refractivity contribution is -0.136. The molecule has 1 aromatic carbocycles. The van der Waals surface area contributed by atoms with Gasteiger partial charge in [0.2, 0.25) is 0 Å². The van der Waals surface area contributed by atoms with Gasteiger partial charge in [0.1, 0.15) is 0 Å². The zero-order valence-electron chi connectivity index (χ0n) is 9.39. The Bertz CT molecular complexity index is 450. The maximum Gasteiger partial charge on any atom is 0.390 e. The summed E-state index contributed by atoms with van der Waals surface area (Å²) in [7, 11) is 1.32. The molecule has 18 heavy (non-hydrogen) atoms.